The minimum Gasteiger partial charge on any atom is -0.466 e. The molecule has 0 aliphatic carbocycles. The molecule has 0 aromatic rings. The maximum Gasteiger partial charge on any atom is 0.314 e. The third-order valence-corrected chi connectivity index (χ3v) is 1.74. The molecule has 19 heavy (non-hydrogen) atoms. The van der Waals surface area contributed by atoms with Gasteiger partial charge >= 0.3 is 11.9 Å². The molecule has 0 fully saturated rings. The lowest BCUT2D eigenvalue weighted by Crippen LogP contribution is -2.06. The van der Waals surface area contributed by atoms with Crippen molar-refractivity contribution in [3.63, 3.8) is 0 Å². The molecule has 0 aliphatic rings. The van der Waals surface area contributed by atoms with Crippen LogP contribution >= 0.6 is 23.2 Å². The van der Waals surface area contributed by atoms with Crippen LogP contribution < -0.4 is 0 Å². The van der Waals surface area contributed by atoms with E-state index in [1.807, 2.05) is 0 Å². The standard InChI is InChI=1S/C6H9ClO3.C5H7ClO3/c1-2-10-6(9)4-3-5(7)8;1-2-9-5(8)3-4(6)7/h2-4H2,1H3;2-3H2,1H3. The molecule has 6 nitrogen and oxygen atoms in total. The van der Waals surface area contributed by atoms with Gasteiger partial charge in [0.25, 0.3) is 0 Å². The van der Waals surface area contributed by atoms with Crippen LogP contribution in [0.25, 0.3) is 0 Å². The number of ether oxygens (including phenoxy) is 2. The minimum atomic E-state index is -0.687. The van der Waals surface area contributed by atoms with Crippen LogP contribution in [-0.4, -0.2) is 35.6 Å². The van der Waals surface area contributed by atoms with Gasteiger partial charge in [0, 0.05) is 6.42 Å². The monoisotopic (exact) mass is 314 g/mol. The van der Waals surface area contributed by atoms with Crippen molar-refractivity contribution in [2.24, 2.45) is 0 Å². The van der Waals surface area contributed by atoms with E-state index in [1.165, 1.54) is 0 Å². The van der Waals surface area contributed by atoms with Crippen LogP contribution in [0, 0.1) is 0 Å². The summed E-state index contributed by atoms with van der Waals surface area (Å²) in [6.45, 7) is 4.00. The van der Waals surface area contributed by atoms with Crippen molar-refractivity contribution in [2.45, 2.75) is 33.1 Å². The maximum atomic E-state index is 10.5. The van der Waals surface area contributed by atoms with Crippen LogP contribution in [-0.2, 0) is 28.7 Å². The summed E-state index contributed by atoms with van der Waals surface area (Å²) in [7, 11) is 0. The van der Waals surface area contributed by atoms with Crippen LogP contribution in [0.2, 0.25) is 0 Å². The van der Waals surface area contributed by atoms with Gasteiger partial charge in [-0.1, -0.05) is 0 Å². The van der Waals surface area contributed by atoms with Crippen molar-refractivity contribution < 1.29 is 28.7 Å². The molecule has 0 spiro atoms. The highest BCUT2D eigenvalue weighted by Crippen LogP contribution is 1.96. The lowest BCUT2D eigenvalue weighted by Gasteiger charge is -1.97. The van der Waals surface area contributed by atoms with Gasteiger partial charge in [0.05, 0.1) is 19.6 Å². The molecule has 0 aliphatic heterocycles. The quantitative estimate of drug-likeness (QED) is 0.404. The van der Waals surface area contributed by atoms with Gasteiger partial charge in [-0.05, 0) is 37.0 Å². The first kappa shape index (κ1) is 20.2. The maximum absolute atomic E-state index is 10.5. The highest BCUT2D eigenvalue weighted by molar-refractivity contribution is 6.64. The highest BCUT2D eigenvalue weighted by Gasteiger charge is 2.05. The average molecular weight is 315 g/mol. The molecular formula is C11H16Cl2O6. The lowest BCUT2D eigenvalue weighted by atomic mass is 10.3. The summed E-state index contributed by atoms with van der Waals surface area (Å²) in [5.74, 6) is -0.950. The molecule has 0 unspecified atom stereocenters. The van der Waals surface area contributed by atoms with E-state index in [1.54, 1.807) is 13.8 Å². The number of hydrogen-bond donors (Lipinski definition) is 0. The second-order valence-electron chi connectivity index (χ2n) is 3.00. The number of carbonyl (C=O) groups is 4. The first-order valence-corrected chi connectivity index (χ1v) is 6.26. The Morgan fingerprint density at radius 3 is 1.63 bits per heavy atom. The van der Waals surface area contributed by atoms with E-state index >= 15 is 0 Å². The fourth-order valence-electron chi connectivity index (χ4n) is 0.759. The van der Waals surface area contributed by atoms with Crippen LogP contribution in [0.3, 0.4) is 0 Å². The molecule has 0 radical (unpaired) electrons. The number of esters is 2. The molecular weight excluding hydrogens is 299 g/mol. The van der Waals surface area contributed by atoms with Crippen molar-refractivity contribution in [1.82, 2.24) is 0 Å². The third-order valence-electron chi connectivity index (χ3n) is 1.42. The van der Waals surface area contributed by atoms with Gasteiger partial charge in [-0.15, -0.1) is 0 Å². The number of halogens is 2. The molecule has 0 aromatic heterocycles. The molecule has 0 rings (SSSR count). The number of rotatable bonds is 7. The summed E-state index contributed by atoms with van der Waals surface area (Å²) in [4.78, 5) is 40.9. The molecule has 0 bridgehead atoms. The molecule has 0 saturated heterocycles. The smallest absolute Gasteiger partial charge is 0.314 e. The van der Waals surface area contributed by atoms with Gasteiger partial charge in [-0.3, -0.25) is 19.2 Å². The van der Waals surface area contributed by atoms with Crippen LogP contribution in [0.15, 0.2) is 0 Å². The summed E-state index contributed by atoms with van der Waals surface area (Å²) in [5, 5.41) is -1.19. The second-order valence-corrected chi connectivity index (χ2v) is 3.84. The first-order valence-electron chi connectivity index (χ1n) is 5.51. The number of carbonyl (C=O) groups excluding carboxylic acids is 4. The Kier molecular flexibility index (Phi) is 14.1. The Bertz CT molecular complexity index is 316. The van der Waals surface area contributed by atoms with E-state index in [4.69, 9.17) is 23.2 Å². The molecule has 110 valence electrons. The SMILES string of the molecule is CCOC(=O)CC(=O)Cl.CCOC(=O)CCC(=O)Cl. The Hall–Kier alpha value is -1.14. The largest absolute Gasteiger partial charge is 0.466 e. The zero-order valence-corrected chi connectivity index (χ0v) is 12.3. The minimum absolute atomic E-state index is 0.0559. The van der Waals surface area contributed by atoms with Crippen molar-refractivity contribution >= 4 is 45.6 Å². The van der Waals surface area contributed by atoms with Crippen LogP contribution in [0.1, 0.15) is 33.1 Å². The molecule has 0 N–H and O–H groups in total. The normalized spacial score (nSPS) is 8.84. The predicted octanol–water partition coefficient (Wildman–Crippen LogP) is 1.80. The summed E-state index contributed by atoms with van der Waals surface area (Å²) in [6.07, 6.45) is -0.202. The summed E-state index contributed by atoms with van der Waals surface area (Å²) < 4.78 is 8.95. The van der Waals surface area contributed by atoms with Gasteiger partial charge in [-0.25, -0.2) is 0 Å². The molecule has 0 saturated carbocycles. The first-order chi connectivity index (χ1) is 8.83. The van der Waals surface area contributed by atoms with E-state index in [2.05, 4.69) is 9.47 Å². The fourth-order valence-corrected chi connectivity index (χ4v) is 0.963. The summed E-state index contributed by atoms with van der Waals surface area (Å²) >= 11 is 9.84. The van der Waals surface area contributed by atoms with Crippen LogP contribution in [0.4, 0.5) is 0 Å². The van der Waals surface area contributed by atoms with Crippen molar-refractivity contribution in [3.8, 4) is 0 Å². The highest BCUT2D eigenvalue weighted by atomic mass is 35.5. The number of hydrogen-bond acceptors (Lipinski definition) is 6. The van der Waals surface area contributed by atoms with E-state index in [0.29, 0.717) is 6.61 Å². The van der Waals surface area contributed by atoms with Crippen LogP contribution in [0.5, 0.6) is 0 Å². The second kappa shape index (κ2) is 13.3. The zero-order valence-electron chi connectivity index (χ0n) is 10.7. The summed E-state index contributed by atoms with van der Waals surface area (Å²) in [5.41, 5.74) is 0. The van der Waals surface area contributed by atoms with Gasteiger partial charge < -0.3 is 9.47 Å². The third kappa shape index (κ3) is 19.4. The van der Waals surface area contributed by atoms with Crippen molar-refractivity contribution in [1.29, 1.82) is 0 Å². The van der Waals surface area contributed by atoms with Gasteiger partial charge in [-0.2, -0.15) is 0 Å². The topological polar surface area (TPSA) is 86.7 Å². The molecule has 0 atom stereocenters. The van der Waals surface area contributed by atoms with E-state index in [0.717, 1.165) is 0 Å². The van der Waals surface area contributed by atoms with Crippen molar-refractivity contribution in [2.75, 3.05) is 13.2 Å². The molecule has 0 amide bonds. The average Bonchev–Trinajstić information content (AvgIpc) is 2.27. The molecule has 8 heteroatoms. The Morgan fingerprint density at radius 1 is 0.789 bits per heavy atom. The lowest BCUT2D eigenvalue weighted by molar-refractivity contribution is -0.145. The van der Waals surface area contributed by atoms with Gasteiger partial charge in [0.15, 0.2) is 0 Å². The molecule has 0 heterocycles. The Morgan fingerprint density at radius 2 is 1.26 bits per heavy atom. The Labute approximate surface area is 121 Å². The van der Waals surface area contributed by atoms with E-state index in [-0.39, 0.29) is 31.8 Å². The van der Waals surface area contributed by atoms with Crippen molar-refractivity contribution in [3.05, 3.63) is 0 Å². The van der Waals surface area contributed by atoms with E-state index in [9.17, 15) is 19.2 Å². The summed E-state index contributed by atoms with van der Waals surface area (Å²) in [6, 6.07) is 0. The van der Waals surface area contributed by atoms with Gasteiger partial charge in [0.2, 0.25) is 10.5 Å². The fraction of sp³-hybridized carbons (Fsp3) is 0.636. The zero-order chi connectivity index (χ0) is 15.3. The van der Waals surface area contributed by atoms with E-state index < -0.39 is 16.5 Å². The van der Waals surface area contributed by atoms with Gasteiger partial charge in [0.1, 0.15) is 6.42 Å². The molecule has 0 aromatic carbocycles. The Balaban J connectivity index is 0. The predicted molar refractivity (Wildman–Crippen MR) is 68.8 cm³/mol.